The van der Waals surface area contributed by atoms with E-state index in [2.05, 4.69) is 4.90 Å². The molecule has 1 fully saturated rings. The maximum absolute atomic E-state index is 14.7. The van der Waals surface area contributed by atoms with Crippen molar-refractivity contribution in [1.29, 1.82) is 0 Å². The minimum absolute atomic E-state index is 0.0635. The van der Waals surface area contributed by atoms with Gasteiger partial charge in [0.25, 0.3) is 0 Å². The Morgan fingerprint density at radius 2 is 1.65 bits per heavy atom. The molecular formula is C26H28F2N2O. The van der Waals surface area contributed by atoms with Gasteiger partial charge in [-0.3, -0.25) is 0 Å². The lowest BCUT2D eigenvalue weighted by Gasteiger charge is -2.29. The summed E-state index contributed by atoms with van der Waals surface area (Å²) in [4.78, 5) is 6.93. The van der Waals surface area contributed by atoms with Crippen LogP contribution in [-0.2, 0) is 0 Å². The van der Waals surface area contributed by atoms with Crippen LogP contribution in [-0.4, -0.2) is 23.7 Å². The summed E-state index contributed by atoms with van der Waals surface area (Å²) in [6, 6.07) is 12.5. The number of para-hydroxylation sites is 1. The van der Waals surface area contributed by atoms with Gasteiger partial charge in [0, 0.05) is 19.2 Å². The van der Waals surface area contributed by atoms with Crippen molar-refractivity contribution in [1.82, 2.24) is 4.98 Å². The Morgan fingerprint density at radius 1 is 0.968 bits per heavy atom. The molecule has 0 bridgehead atoms. The average Bonchev–Trinajstić information content (AvgIpc) is 2.76. The van der Waals surface area contributed by atoms with Crippen molar-refractivity contribution in [2.24, 2.45) is 5.92 Å². The molecular weight excluding hydrogens is 394 g/mol. The highest BCUT2D eigenvalue weighted by molar-refractivity contribution is 5.80. The zero-order valence-electron chi connectivity index (χ0n) is 18.0. The number of hydrogen-bond acceptors (Lipinski definition) is 3. The van der Waals surface area contributed by atoms with Crippen molar-refractivity contribution in [3.63, 3.8) is 0 Å². The fraction of sp³-hybridized carbons (Fsp3) is 0.346. The van der Waals surface area contributed by atoms with E-state index < -0.39 is 11.6 Å². The SMILES string of the molecule is Cc1c(-c2c(F)cccc2F)cc(-c2ccccc2O)nc1N(C)CC1CCCCC1. The first-order chi connectivity index (χ1) is 15.0. The first-order valence-electron chi connectivity index (χ1n) is 10.9. The molecule has 0 saturated heterocycles. The average molecular weight is 423 g/mol. The smallest absolute Gasteiger partial charge is 0.133 e. The number of rotatable bonds is 5. The van der Waals surface area contributed by atoms with Gasteiger partial charge in [0.05, 0.1) is 11.3 Å². The molecule has 1 heterocycles. The first-order valence-corrected chi connectivity index (χ1v) is 10.9. The highest BCUT2D eigenvalue weighted by atomic mass is 19.1. The van der Waals surface area contributed by atoms with E-state index in [0.29, 0.717) is 28.6 Å². The highest BCUT2D eigenvalue weighted by Crippen LogP contribution is 2.38. The number of pyridine rings is 1. The molecule has 0 aliphatic heterocycles. The molecule has 1 aromatic heterocycles. The molecule has 31 heavy (non-hydrogen) atoms. The number of nitrogens with zero attached hydrogens (tertiary/aromatic N) is 2. The van der Waals surface area contributed by atoms with Crippen molar-refractivity contribution in [3.05, 3.63) is 65.7 Å². The van der Waals surface area contributed by atoms with Crippen LogP contribution in [0, 0.1) is 24.5 Å². The van der Waals surface area contributed by atoms with Crippen molar-refractivity contribution >= 4 is 5.82 Å². The van der Waals surface area contributed by atoms with E-state index in [1.54, 1.807) is 24.3 Å². The van der Waals surface area contributed by atoms with Crippen molar-refractivity contribution in [3.8, 4) is 28.1 Å². The molecule has 0 radical (unpaired) electrons. The molecule has 2 aromatic carbocycles. The third-order valence-corrected chi connectivity index (χ3v) is 6.28. The summed E-state index contributed by atoms with van der Waals surface area (Å²) in [7, 11) is 1.99. The molecule has 3 nitrogen and oxygen atoms in total. The molecule has 3 aromatic rings. The normalized spacial score (nSPS) is 14.6. The van der Waals surface area contributed by atoms with Gasteiger partial charge in [0.15, 0.2) is 0 Å². The summed E-state index contributed by atoms with van der Waals surface area (Å²) in [5.74, 6) is 0.128. The molecule has 4 rings (SSSR count). The molecule has 5 heteroatoms. The van der Waals surface area contributed by atoms with Crippen LogP contribution in [0.5, 0.6) is 5.75 Å². The van der Waals surface area contributed by atoms with E-state index in [1.807, 2.05) is 20.0 Å². The Balaban J connectivity index is 1.85. The number of phenols is 1. The lowest BCUT2D eigenvalue weighted by Crippen LogP contribution is -2.28. The number of anilines is 1. The molecule has 0 amide bonds. The number of benzene rings is 2. The summed E-state index contributed by atoms with van der Waals surface area (Å²) in [5.41, 5.74) is 2.14. The maximum atomic E-state index is 14.7. The Kier molecular flexibility index (Phi) is 6.21. The van der Waals surface area contributed by atoms with Crippen LogP contribution in [0.25, 0.3) is 22.4 Å². The Bertz CT molecular complexity index is 1060. The highest BCUT2D eigenvalue weighted by Gasteiger charge is 2.22. The van der Waals surface area contributed by atoms with Gasteiger partial charge in [0.1, 0.15) is 23.2 Å². The second kappa shape index (κ2) is 9.04. The zero-order chi connectivity index (χ0) is 22.0. The number of phenolic OH excluding ortho intramolecular Hbond substituents is 1. The van der Waals surface area contributed by atoms with Crippen LogP contribution in [0.3, 0.4) is 0 Å². The lowest BCUT2D eigenvalue weighted by molar-refractivity contribution is 0.361. The number of aromatic hydroxyl groups is 1. The molecule has 1 N–H and O–H groups in total. The van der Waals surface area contributed by atoms with E-state index in [0.717, 1.165) is 12.1 Å². The van der Waals surface area contributed by atoms with E-state index in [1.165, 1.54) is 50.3 Å². The van der Waals surface area contributed by atoms with Gasteiger partial charge in [-0.2, -0.15) is 0 Å². The number of hydrogen-bond donors (Lipinski definition) is 1. The molecule has 1 aliphatic carbocycles. The van der Waals surface area contributed by atoms with Crippen LogP contribution in [0.2, 0.25) is 0 Å². The van der Waals surface area contributed by atoms with Gasteiger partial charge in [0.2, 0.25) is 0 Å². The Labute approximate surface area is 182 Å². The summed E-state index contributed by atoms with van der Waals surface area (Å²) in [6.07, 6.45) is 6.16. The standard InChI is InChI=1S/C26H28F2N2O/c1-17-20(25-21(27)12-8-13-22(25)28)15-23(19-11-6-7-14-24(19)31)29-26(17)30(2)16-18-9-4-3-5-10-18/h6-8,11-15,18,31H,3-5,9-10,16H2,1-2H3. The van der Waals surface area contributed by atoms with E-state index in [9.17, 15) is 13.9 Å². The van der Waals surface area contributed by atoms with Crippen molar-refractivity contribution < 1.29 is 13.9 Å². The van der Waals surface area contributed by atoms with E-state index in [-0.39, 0.29) is 11.3 Å². The first kappa shape index (κ1) is 21.3. The largest absolute Gasteiger partial charge is 0.507 e. The van der Waals surface area contributed by atoms with Gasteiger partial charge in [-0.1, -0.05) is 37.5 Å². The monoisotopic (exact) mass is 422 g/mol. The minimum Gasteiger partial charge on any atom is -0.507 e. The third-order valence-electron chi connectivity index (χ3n) is 6.28. The summed E-state index contributed by atoms with van der Waals surface area (Å²) in [5, 5.41) is 10.4. The zero-order valence-corrected chi connectivity index (χ0v) is 18.0. The number of aromatic nitrogens is 1. The van der Waals surface area contributed by atoms with Gasteiger partial charge >= 0.3 is 0 Å². The van der Waals surface area contributed by atoms with E-state index in [4.69, 9.17) is 4.98 Å². The van der Waals surface area contributed by atoms with Crippen molar-refractivity contribution in [2.75, 3.05) is 18.5 Å². The van der Waals surface area contributed by atoms with E-state index >= 15 is 0 Å². The topological polar surface area (TPSA) is 36.4 Å². The third kappa shape index (κ3) is 4.41. The van der Waals surface area contributed by atoms with Gasteiger partial charge in [-0.05, 0) is 67.1 Å². The lowest BCUT2D eigenvalue weighted by atomic mass is 9.89. The van der Waals surface area contributed by atoms with Gasteiger partial charge in [-0.15, -0.1) is 0 Å². The molecule has 0 spiro atoms. The van der Waals surface area contributed by atoms with Crippen LogP contribution in [0.1, 0.15) is 37.7 Å². The van der Waals surface area contributed by atoms with Crippen LogP contribution < -0.4 is 4.90 Å². The predicted molar refractivity (Wildman–Crippen MR) is 121 cm³/mol. The second-order valence-electron chi connectivity index (χ2n) is 8.50. The Hall–Kier alpha value is -2.95. The Morgan fingerprint density at radius 3 is 2.32 bits per heavy atom. The predicted octanol–water partition coefficient (Wildman–Crippen LogP) is 6.72. The second-order valence-corrected chi connectivity index (χ2v) is 8.50. The molecule has 1 saturated carbocycles. The fourth-order valence-corrected chi connectivity index (χ4v) is 4.65. The minimum atomic E-state index is -0.613. The molecule has 0 atom stereocenters. The molecule has 162 valence electrons. The van der Waals surface area contributed by atoms with Crippen LogP contribution in [0.15, 0.2) is 48.5 Å². The quantitative estimate of drug-likeness (QED) is 0.496. The van der Waals surface area contributed by atoms with Crippen LogP contribution in [0.4, 0.5) is 14.6 Å². The summed E-state index contributed by atoms with van der Waals surface area (Å²) < 4.78 is 29.4. The number of halogens is 2. The van der Waals surface area contributed by atoms with Gasteiger partial charge < -0.3 is 10.0 Å². The maximum Gasteiger partial charge on any atom is 0.133 e. The van der Waals surface area contributed by atoms with Crippen LogP contribution >= 0.6 is 0 Å². The summed E-state index contributed by atoms with van der Waals surface area (Å²) >= 11 is 0. The fourth-order valence-electron chi connectivity index (χ4n) is 4.65. The van der Waals surface area contributed by atoms with Crippen molar-refractivity contribution in [2.45, 2.75) is 39.0 Å². The summed E-state index contributed by atoms with van der Waals surface area (Å²) in [6.45, 7) is 2.70. The molecule has 1 aliphatic rings. The van der Waals surface area contributed by atoms with Gasteiger partial charge in [-0.25, -0.2) is 13.8 Å². The molecule has 0 unspecified atom stereocenters.